The van der Waals surface area contributed by atoms with E-state index in [1.807, 2.05) is 24.3 Å². The van der Waals surface area contributed by atoms with Crippen molar-refractivity contribution in [2.75, 3.05) is 40.4 Å². The number of ether oxygens (including phenoxy) is 2. The summed E-state index contributed by atoms with van der Waals surface area (Å²) in [5, 5.41) is 12.8. The molecule has 32 heavy (non-hydrogen) atoms. The van der Waals surface area contributed by atoms with Crippen molar-refractivity contribution in [3.63, 3.8) is 0 Å². The molecular weight excluding hydrogens is 452 g/mol. The molecule has 9 heteroatoms. The van der Waals surface area contributed by atoms with Crippen LogP contribution in [0.1, 0.15) is 5.56 Å². The molecule has 0 atom stereocenters. The average Bonchev–Trinajstić information content (AvgIpc) is 2.82. The standard InChI is InChI=1S/C23H25ClN2O5S/c1-30-21-8-7-17(14-22(21)31-2)32(28,29)26-11-9-25(10-12-26)15-16-13-20(24)18-5-3-4-6-19(18)23(16)27/h3-8,13-14,27H,9-12,15H2,1-2H3. The van der Waals surface area contributed by atoms with Crippen molar-refractivity contribution in [1.29, 1.82) is 0 Å². The third-order valence-corrected chi connectivity index (χ3v) is 7.97. The largest absolute Gasteiger partial charge is 0.507 e. The van der Waals surface area contributed by atoms with Crippen LogP contribution in [0.25, 0.3) is 10.8 Å². The molecule has 3 aromatic carbocycles. The second-order valence-corrected chi connectivity index (χ2v) is 9.95. The summed E-state index contributed by atoms with van der Waals surface area (Å²) in [4.78, 5) is 2.28. The third-order valence-electron chi connectivity index (χ3n) is 5.76. The molecule has 170 valence electrons. The molecule has 0 radical (unpaired) electrons. The van der Waals surface area contributed by atoms with E-state index in [2.05, 4.69) is 4.90 Å². The van der Waals surface area contributed by atoms with E-state index in [1.165, 1.54) is 30.7 Å². The van der Waals surface area contributed by atoms with E-state index in [0.717, 1.165) is 10.9 Å². The van der Waals surface area contributed by atoms with Crippen LogP contribution in [0.5, 0.6) is 17.2 Å². The first-order chi connectivity index (χ1) is 15.3. The highest BCUT2D eigenvalue weighted by Gasteiger charge is 2.29. The number of phenolic OH excluding ortho intramolecular Hbond substituents is 1. The van der Waals surface area contributed by atoms with Gasteiger partial charge in [0.1, 0.15) is 5.75 Å². The van der Waals surface area contributed by atoms with Crippen molar-refractivity contribution in [1.82, 2.24) is 9.21 Å². The summed E-state index contributed by atoms with van der Waals surface area (Å²) >= 11 is 6.41. The molecular formula is C23H25ClN2O5S. The molecule has 0 aromatic heterocycles. The highest BCUT2D eigenvalue weighted by Crippen LogP contribution is 2.35. The first-order valence-corrected chi connectivity index (χ1v) is 12.0. The van der Waals surface area contributed by atoms with Gasteiger partial charge in [-0.25, -0.2) is 8.42 Å². The van der Waals surface area contributed by atoms with Gasteiger partial charge in [-0.3, -0.25) is 4.90 Å². The van der Waals surface area contributed by atoms with E-state index >= 15 is 0 Å². The first-order valence-electron chi connectivity index (χ1n) is 10.2. The molecule has 0 unspecified atom stereocenters. The number of methoxy groups -OCH3 is 2. The van der Waals surface area contributed by atoms with Crippen LogP contribution >= 0.6 is 11.6 Å². The molecule has 1 aliphatic rings. The lowest BCUT2D eigenvalue weighted by Gasteiger charge is -2.34. The van der Waals surface area contributed by atoms with Gasteiger partial charge in [-0.1, -0.05) is 35.9 Å². The zero-order valence-corrected chi connectivity index (χ0v) is 19.5. The van der Waals surface area contributed by atoms with Crippen molar-refractivity contribution in [3.8, 4) is 17.2 Å². The van der Waals surface area contributed by atoms with Crippen molar-refractivity contribution >= 4 is 32.4 Å². The molecule has 0 bridgehead atoms. The highest BCUT2D eigenvalue weighted by molar-refractivity contribution is 7.89. The number of aromatic hydroxyl groups is 1. The number of hydrogen-bond acceptors (Lipinski definition) is 6. The molecule has 0 aliphatic carbocycles. The summed E-state index contributed by atoms with van der Waals surface area (Å²) in [7, 11) is -0.680. The van der Waals surface area contributed by atoms with Gasteiger partial charge < -0.3 is 14.6 Å². The van der Waals surface area contributed by atoms with Crippen LogP contribution in [-0.4, -0.2) is 63.1 Å². The van der Waals surface area contributed by atoms with E-state index in [1.54, 1.807) is 12.1 Å². The number of piperazine rings is 1. The topological polar surface area (TPSA) is 79.3 Å². The van der Waals surface area contributed by atoms with Gasteiger partial charge in [0.15, 0.2) is 11.5 Å². The maximum absolute atomic E-state index is 13.1. The van der Waals surface area contributed by atoms with E-state index in [0.29, 0.717) is 54.6 Å². The van der Waals surface area contributed by atoms with Crippen LogP contribution in [0, 0.1) is 0 Å². The Balaban J connectivity index is 1.48. The van der Waals surface area contributed by atoms with Gasteiger partial charge in [0, 0.05) is 60.1 Å². The normalized spacial score (nSPS) is 15.7. The Kier molecular flexibility index (Phi) is 6.48. The van der Waals surface area contributed by atoms with E-state index in [9.17, 15) is 13.5 Å². The Bertz CT molecular complexity index is 1240. The van der Waals surface area contributed by atoms with Gasteiger partial charge in [-0.15, -0.1) is 0 Å². The monoisotopic (exact) mass is 476 g/mol. The lowest BCUT2D eigenvalue weighted by molar-refractivity contribution is 0.180. The van der Waals surface area contributed by atoms with E-state index in [4.69, 9.17) is 21.1 Å². The smallest absolute Gasteiger partial charge is 0.243 e. The van der Waals surface area contributed by atoms with Gasteiger partial charge >= 0.3 is 0 Å². The van der Waals surface area contributed by atoms with Gasteiger partial charge in [-0.05, 0) is 18.2 Å². The van der Waals surface area contributed by atoms with Crippen molar-refractivity contribution in [3.05, 3.63) is 59.1 Å². The zero-order valence-electron chi connectivity index (χ0n) is 17.9. The van der Waals surface area contributed by atoms with Crippen LogP contribution in [0.15, 0.2) is 53.4 Å². The summed E-state index contributed by atoms with van der Waals surface area (Å²) in [6, 6.07) is 13.8. The predicted molar refractivity (Wildman–Crippen MR) is 124 cm³/mol. The minimum atomic E-state index is -3.66. The number of halogens is 1. The fraction of sp³-hybridized carbons (Fsp3) is 0.304. The molecule has 3 aromatic rings. The minimum absolute atomic E-state index is 0.169. The SMILES string of the molecule is COc1ccc(S(=O)(=O)N2CCN(Cc3cc(Cl)c4ccccc4c3O)CC2)cc1OC. The molecule has 0 spiro atoms. The Morgan fingerprint density at radius 2 is 1.59 bits per heavy atom. The van der Waals surface area contributed by atoms with Crippen molar-refractivity contribution in [2.24, 2.45) is 0 Å². The molecule has 4 rings (SSSR count). The van der Waals surface area contributed by atoms with Crippen LogP contribution in [-0.2, 0) is 16.6 Å². The van der Waals surface area contributed by atoms with Gasteiger partial charge in [0.05, 0.1) is 19.1 Å². The van der Waals surface area contributed by atoms with Crippen LogP contribution in [0.4, 0.5) is 0 Å². The fourth-order valence-electron chi connectivity index (χ4n) is 3.99. The molecule has 1 N–H and O–H groups in total. The number of benzene rings is 3. The first kappa shape index (κ1) is 22.7. The summed E-state index contributed by atoms with van der Waals surface area (Å²) in [6.07, 6.45) is 0. The summed E-state index contributed by atoms with van der Waals surface area (Å²) in [5.41, 5.74) is 0.727. The molecule has 1 saturated heterocycles. The number of rotatable bonds is 6. The number of hydrogen-bond donors (Lipinski definition) is 1. The third kappa shape index (κ3) is 4.23. The summed E-state index contributed by atoms with van der Waals surface area (Å²) in [5.74, 6) is 1.06. The average molecular weight is 477 g/mol. The summed E-state index contributed by atoms with van der Waals surface area (Å²) < 4.78 is 38.1. The van der Waals surface area contributed by atoms with Crippen LogP contribution < -0.4 is 9.47 Å². The van der Waals surface area contributed by atoms with Gasteiger partial charge in [0.25, 0.3) is 0 Å². The quantitative estimate of drug-likeness (QED) is 0.584. The lowest BCUT2D eigenvalue weighted by Crippen LogP contribution is -2.48. The Morgan fingerprint density at radius 3 is 2.25 bits per heavy atom. The minimum Gasteiger partial charge on any atom is -0.507 e. The Hall–Kier alpha value is -2.52. The number of phenols is 1. The lowest BCUT2D eigenvalue weighted by atomic mass is 10.0. The van der Waals surface area contributed by atoms with Gasteiger partial charge in [0.2, 0.25) is 10.0 Å². The second-order valence-electron chi connectivity index (χ2n) is 7.61. The van der Waals surface area contributed by atoms with Gasteiger partial charge in [-0.2, -0.15) is 4.31 Å². The van der Waals surface area contributed by atoms with Crippen LogP contribution in [0.3, 0.4) is 0 Å². The molecule has 1 aliphatic heterocycles. The van der Waals surface area contributed by atoms with Crippen molar-refractivity contribution in [2.45, 2.75) is 11.4 Å². The Labute approximate surface area is 192 Å². The molecule has 0 amide bonds. The number of nitrogens with zero attached hydrogens (tertiary/aromatic N) is 2. The highest BCUT2D eigenvalue weighted by atomic mass is 35.5. The number of sulfonamides is 1. The molecule has 1 fully saturated rings. The number of fused-ring (bicyclic) bond motifs is 1. The molecule has 7 nitrogen and oxygen atoms in total. The van der Waals surface area contributed by atoms with Crippen LogP contribution in [0.2, 0.25) is 5.02 Å². The molecule has 1 heterocycles. The maximum Gasteiger partial charge on any atom is 0.243 e. The maximum atomic E-state index is 13.1. The zero-order chi connectivity index (χ0) is 22.9. The Morgan fingerprint density at radius 1 is 0.938 bits per heavy atom. The predicted octanol–water partition coefficient (Wildman–Crippen LogP) is 3.72. The fourth-order valence-corrected chi connectivity index (χ4v) is 5.72. The summed E-state index contributed by atoms with van der Waals surface area (Å²) in [6.45, 7) is 2.25. The molecule has 0 saturated carbocycles. The van der Waals surface area contributed by atoms with E-state index in [-0.39, 0.29) is 10.6 Å². The van der Waals surface area contributed by atoms with Crippen molar-refractivity contribution < 1.29 is 23.0 Å². The second kappa shape index (κ2) is 9.15. The van der Waals surface area contributed by atoms with E-state index < -0.39 is 10.0 Å².